The van der Waals surface area contributed by atoms with Crippen LogP contribution in [0.5, 0.6) is 0 Å². The molecule has 0 unspecified atom stereocenters. The first kappa shape index (κ1) is 14.1. The van der Waals surface area contributed by atoms with Crippen LogP contribution in [0.15, 0.2) is 22.7 Å². The van der Waals surface area contributed by atoms with E-state index in [9.17, 15) is 4.39 Å². The number of aryl methyl sites for hydroxylation is 1. The van der Waals surface area contributed by atoms with Crippen molar-refractivity contribution < 1.29 is 4.39 Å². The quantitative estimate of drug-likeness (QED) is 0.917. The highest BCUT2D eigenvalue weighted by molar-refractivity contribution is 9.10. The SMILES string of the molecule is CCCCn1c(C)nc(-c2ccc(F)cc2Br)c1N. The van der Waals surface area contributed by atoms with E-state index in [1.165, 1.54) is 12.1 Å². The summed E-state index contributed by atoms with van der Waals surface area (Å²) in [5.41, 5.74) is 7.70. The second-order valence-electron chi connectivity index (χ2n) is 4.52. The molecular weight excluding hydrogens is 309 g/mol. The number of hydrogen-bond acceptors (Lipinski definition) is 2. The zero-order valence-electron chi connectivity index (χ0n) is 11.1. The third-order valence-electron chi connectivity index (χ3n) is 3.12. The van der Waals surface area contributed by atoms with E-state index >= 15 is 0 Å². The first-order valence-corrected chi connectivity index (χ1v) is 7.12. The minimum Gasteiger partial charge on any atom is -0.383 e. The van der Waals surface area contributed by atoms with E-state index in [-0.39, 0.29) is 5.82 Å². The molecule has 0 aliphatic rings. The predicted molar refractivity (Wildman–Crippen MR) is 79.4 cm³/mol. The Labute approximate surface area is 120 Å². The van der Waals surface area contributed by atoms with Crippen LogP contribution in [-0.2, 0) is 6.54 Å². The maximum atomic E-state index is 13.1. The van der Waals surface area contributed by atoms with E-state index in [0.717, 1.165) is 30.8 Å². The van der Waals surface area contributed by atoms with Crippen LogP contribution in [0.25, 0.3) is 11.3 Å². The van der Waals surface area contributed by atoms with E-state index in [4.69, 9.17) is 5.73 Å². The number of unbranched alkanes of at least 4 members (excludes halogenated alkanes) is 1. The van der Waals surface area contributed by atoms with Gasteiger partial charge in [-0.15, -0.1) is 0 Å². The summed E-state index contributed by atoms with van der Waals surface area (Å²) in [4.78, 5) is 4.51. The molecule has 1 aromatic carbocycles. The van der Waals surface area contributed by atoms with E-state index < -0.39 is 0 Å². The van der Waals surface area contributed by atoms with Gasteiger partial charge in [0.15, 0.2) is 0 Å². The lowest BCUT2D eigenvalue weighted by atomic mass is 10.1. The molecule has 3 nitrogen and oxygen atoms in total. The van der Waals surface area contributed by atoms with Crippen LogP contribution in [0.4, 0.5) is 10.2 Å². The van der Waals surface area contributed by atoms with Crippen molar-refractivity contribution in [1.82, 2.24) is 9.55 Å². The summed E-state index contributed by atoms with van der Waals surface area (Å²) in [5, 5.41) is 0. The van der Waals surface area contributed by atoms with Gasteiger partial charge in [-0.1, -0.05) is 13.3 Å². The van der Waals surface area contributed by atoms with Gasteiger partial charge in [-0.2, -0.15) is 0 Å². The van der Waals surface area contributed by atoms with Crippen LogP contribution >= 0.6 is 15.9 Å². The number of rotatable bonds is 4. The fraction of sp³-hybridized carbons (Fsp3) is 0.357. The Morgan fingerprint density at radius 3 is 2.79 bits per heavy atom. The molecule has 2 aromatic rings. The number of benzene rings is 1. The lowest BCUT2D eigenvalue weighted by Crippen LogP contribution is -2.05. The summed E-state index contributed by atoms with van der Waals surface area (Å²) in [6.45, 7) is 4.94. The number of nitrogen functional groups attached to an aromatic ring is 1. The smallest absolute Gasteiger partial charge is 0.131 e. The minimum absolute atomic E-state index is 0.281. The van der Waals surface area contributed by atoms with Crippen LogP contribution in [-0.4, -0.2) is 9.55 Å². The van der Waals surface area contributed by atoms with Gasteiger partial charge >= 0.3 is 0 Å². The average molecular weight is 326 g/mol. The number of nitrogens with two attached hydrogens (primary N) is 1. The molecule has 2 rings (SSSR count). The zero-order chi connectivity index (χ0) is 14.0. The van der Waals surface area contributed by atoms with Crippen molar-refractivity contribution in [2.24, 2.45) is 0 Å². The molecule has 5 heteroatoms. The van der Waals surface area contributed by atoms with Crippen molar-refractivity contribution in [3.8, 4) is 11.3 Å². The van der Waals surface area contributed by atoms with Crippen molar-refractivity contribution in [1.29, 1.82) is 0 Å². The van der Waals surface area contributed by atoms with Gasteiger partial charge in [0.1, 0.15) is 23.2 Å². The van der Waals surface area contributed by atoms with Crippen LogP contribution in [0.1, 0.15) is 25.6 Å². The van der Waals surface area contributed by atoms with Crippen molar-refractivity contribution in [2.45, 2.75) is 33.2 Å². The Hall–Kier alpha value is -1.36. The number of hydrogen-bond donors (Lipinski definition) is 1. The lowest BCUT2D eigenvalue weighted by Gasteiger charge is -2.07. The molecule has 0 spiro atoms. The van der Waals surface area contributed by atoms with E-state index in [0.29, 0.717) is 16.0 Å². The monoisotopic (exact) mass is 325 g/mol. The summed E-state index contributed by atoms with van der Waals surface area (Å²) in [7, 11) is 0. The number of imidazole rings is 1. The Kier molecular flexibility index (Phi) is 4.24. The van der Waals surface area contributed by atoms with Crippen LogP contribution in [0.2, 0.25) is 0 Å². The molecule has 0 fully saturated rings. The number of halogens is 2. The summed E-state index contributed by atoms with van der Waals surface area (Å²) in [6, 6.07) is 4.54. The molecule has 0 aliphatic carbocycles. The maximum Gasteiger partial charge on any atom is 0.131 e. The van der Waals surface area contributed by atoms with Gasteiger partial charge in [0, 0.05) is 16.6 Å². The van der Waals surface area contributed by atoms with Gasteiger partial charge in [0.25, 0.3) is 0 Å². The number of aromatic nitrogens is 2. The van der Waals surface area contributed by atoms with Gasteiger partial charge in [-0.3, -0.25) is 0 Å². The third-order valence-corrected chi connectivity index (χ3v) is 3.78. The number of anilines is 1. The van der Waals surface area contributed by atoms with Gasteiger partial charge in [-0.25, -0.2) is 9.37 Å². The number of nitrogens with zero attached hydrogens (tertiary/aromatic N) is 2. The van der Waals surface area contributed by atoms with Crippen LogP contribution < -0.4 is 5.73 Å². The molecule has 1 heterocycles. The maximum absolute atomic E-state index is 13.1. The van der Waals surface area contributed by atoms with Gasteiger partial charge in [-0.05, 0) is 47.5 Å². The highest BCUT2D eigenvalue weighted by Crippen LogP contribution is 2.32. The highest BCUT2D eigenvalue weighted by Gasteiger charge is 2.15. The van der Waals surface area contributed by atoms with E-state index in [2.05, 4.69) is 27.8 Å². The lowest BCUT2D eigenvalue weighted by molar-refractivity contribution is 0.622. The average Bonchev–Trinajstić information content (AvgIpc) is 2.63. The third kappa shape index (κ3) is 2.81. The van der Waals surface area contributed by atoms with Gasteiger partial charge < -0.3 is 10.3 Å². The molecule has 0 saturated heterocycles. The van der Waals surface area contributed by atoms with Crippen molar-refractivity contribution in [3.63, 3.8) is 0 Å². The molecule has 0 radical (unpaired) electrons. The largest absolute Gasteiger partial charge is 0.383 e. The Balaban J connectivity index is 2.45. The molecule has 0 amide bonds. The van der Waals surface area contributed by atoms with Crippen LogP contribution in [0.3, 0.4) is 0 Å². The second-order valence-corrected chi connectivity index (χ2v) is 5.38. The standard InChI is InChI=1S/C14H17BrFN3/c1-3-4-7-19-9(2)18-13(14(19)17)11-6-5-10(16)8-12(11)15/h5-6,8H,3-4,7,17H2,1-2H3. The van der Waals surface area contributed by atoms with Crippen molar-refractivity contribution >= 4 is 21.7 Å². The fourth-order valence-corrected chi connectivity index (χ4v) is 2.60. The molecule has 0 bridgehead atoms. The molecular formula is C14H17BrFN3. The highest BCUT2D eigenvalue weighted by atomic mass is 79.9. The fourth-order valence-electron chi connectivity index (χ4n) is 2.06. The second kappa shape index (κ2) is 5.74. The molecule has 1 aromatic heterocycles. The zero-order valence-corrected chi connectivity index (χ0v) is 12.7. The minimum atomic E-state index is -0.281. The van der Waals surface area contributed by atoms with Gasteiger partial charge in [0.05, 0.1) is 0 Å². The summed E-state index contributed by atoms with van der Waals surface area (Å²) in [6.07, 6.45) is 2.16. The topological polar surface area (TPSA) is 43.8 Å². The van der Waals surface area contributed by atoms with Crippen molar-refractivity contribution in [2.75, 3.05) is 5.73 Å². The molecule has 2 N–H and O–H groups in total. The molecule has 102 valence electrons. The molecule has 0 aliphatic heterocycles. The van der Waals surface area contributed by atoms with Crippen LogP contribution in [0, 0.1) is 12.7 Å². The predicted octanol–water partition coefficient (Wildman–Crippen LogP) is 4.14. The normalized spacial score (nSPS) is 10.9. The first-order chi connectivity index (χ1) is 9.04. The summed E-state index contributed by atoms with van der Waals surface area (Å²) >= 11 is 3.36. The molecule has 0 atom stereocenters. The van der Waals surface area contributed by atoms with Gasteiger partial charge in [0.2, 0.25) is 0 Å². The van der Waals surface area contributed by atoms with E-state index in [1.807, 2.05) is 11.5 Å². The summed E-state index contributed by atoms with van der Waals surface area (Å²) in [5.74, 6) is 1.24. The Morgan fingerprint density at radius 2 is 2.16 bits per heavy atom. The first-order valence-electron chi connectivity index (χ1n) is 6.32. The Bertz CT molecular complexity index is 593. The Morgan fingerprint density at radius 1 is 1.42 bits per heavy atom. The summed E-state index contributed by atoms with van der Waals surface area (Å²) < 4.78 is 15.8. The molecule has 0 saturated carbocycles. The van der Waals surface area contributed by atoms with Crippen molar-refractivity contribution in [3.05, 3.63) is 34.3 Å². The van der Waals surface area contributed by atoms with E-state index in [1.54, 1.807) is 6.07 Å². The molecule has 19 heavy (non-hydrogen) atoms.